The molecule has 3 aliphatic rings. The summed E-state index contributed by atoms with van der Waals surface area (Å²) in [4.78, 5) is 16.6. The molecule has 4 atom stereocenters. The molecule has 0 spiro atoms. The maximum absolute atomic E-state index is 16.0. The number of amides is 1. The van der Waals surface area contributed by atoms with E-state index >= 15 is 4.39 Å². The summed E-state index contributed by atoms with van der Waals surface area (Å²) in [7, 11) is 0. The zero-order chi connectivity index (χ0) is 28.6. The molecule has 1 N–H and O–H groups in total. The second-order valence-corrected chi connectivity index (χ2v) is 12.9. The molecule has 1 amide bonds. The topological polar surface area (TPSA) is 59.4 Å². The molecule has 2 fully saturated rings. The van der Waals surface area contributed by atoms with Crippen molar-refractivity contribution in [1.29, 1.82) is 0 Å². The number of fused-ring (bicyclic) bond motifs is 5. The van der Waals surface area contributed by atoms with E-state index in [1.165, 1.54) is 12.1 Å². The standard InChI is InChI=1S/C30H25BrCl2F2N4O2/c1-30(29(40)36-17-5-2-4-16(32)10-17)25(18-6-3-7-21(33)26(18)35)27-24(38(30)13-15-8-9-15)14-41-28-19-11-20(31)22(34)12-23(19)37-39(27)28/h2-7,10-12,15,24-25,27H,8-9,13-14H2,1H3,(H,36,40)/t24-,25-,27+,30+/m0/s1. The van der Waals surface area contributed by atoms with Gasteiger partial charge in [0.2, 0.25) is 11.8 Å². The monoisotopic (exact) mass is 660 g/mol. The van der Waals surface area contributed by atoms with E-state index in [0.717, 1.165) is 12.8 Å². The SMILES string of the molecule is C[C@]1(C(=O)Nc2cccc(Cl)c2)[C@@H](c2cccc(Cl)c2F)[C@H]2[C@H](COc3c4cc(Br)c(F)cc4nn32)N1CC1CC1. The summed E-state index contributed by atoms with van der Waals surface area (Å²) in [5.74, 6) is -1.16. The number of nitrogens with zero attached hydrogens (tertiary/aromatic N) is 3. The zero-order valence-corrected chi connectivity index (χ0v) is 25.0. The third-order valence-electron chi connectivity index (χ3n) is 8.71. The normalized spacial score (nSPS) is 25.6. The fourth-order valence-corrected chi connectivity index (χ4v) is 7.30. The molecule has 1 aromatic heterocycles. The van der Waals surface area contributed by atoms with Crippen LogP contribution in [0, 0.1) is 17.6 Å². The van der Waals surface area contributed by atoms with Crippen LogP contribution in [0.2, 0.25) is 10.0 Å². The van der Waals surface area contributed by atoms with Crippen molar-refractivity contribution in [3.63, 3.8) is 0 Å². The lowest BCUT2D eigenvalue weighted by atomic mass is 9.77. The number of halogens is 5. The van der Waals surface area contributed by atoms with Crippen LogP contribution in [0.5, 0.6) is 5.88 Å². The average molecular weight is 662 g/mol. The minimum atomic E-state index is -1.24. The van der Waals surface area contributed by atoms with Crippen LogP contribution in [0.4, 0.5) is 14.5 Å². The highest BCUT2D eigenvalue weighted by Crippen LogP contribution is 2.57. The number of carbonyl (C=O) groups is 1. The number of carbonyl (C=O) groups excluding carboxylic acids is 1. The maximum Gasteiger partial charge on any atom is 0.245 e. The van der Waals surface area contributed by atoms with E-state index in [2.05, 4.69) is 26.1 Å². The van der Waals surface area contributed by atoms with Crippen LogP contribution < -0.4 is 10.1 Å². The largest absolute Gasteiger partial charge is 0.476 e. The van der Waals surface area contributed by atoms with Crippen molar-refractivity contribution in [2.45, 2.75) is 43.3 Å². The van der Waals surface area contributed by atoms with E-state index in [1.807, 2.05) is 6.92 Å². The Hall–Kier alpha value is -2.72. The number of aromatic nitrogens is 2. The second-order valence-electron chi connectivity index (χ2n) is 11.2. The molecule has 3 heterocycles. The van der Waals surface area contributed by atoms with Crippen LogP contribution in [0.3, 0.4) is 0 Å². The Labute approximate surface area is 253 Å². The van der Waals surface area contributed by atoms with Gasteiger partial charge < -0.3 is 10.1 Å². The highest BCUT2D eigenvalue weighted by Gasteiger charge is 2.64. The smallest absolute Gasteiger partial charge is 0.245 e. The average Bonchev–Trinajstić information content (AvgIpc) is 3.64. The lowest BCUT2D eigenvalue weighted by Crippen LogP contribution is -2.57. The predicted octanol–water partition coefficient (Wildman–Crippen LogP) is 7.59. The fourth-order valence-electron chi connectivity index (χ4n) is 6.59. The highest BCUT2D eigenvalue weighted by molar-refractivity contribution is 9.10. The molecule has 4 aromatic rings. The van der Waals surface area contributed by atoms with Gasteiger partial charge in [-0.25, -0.2) is 13.5 Å². The molecule has 212 valence electrons. The molecule has 1 saturated carbocycles. The van der Waals surface area contributed by atoms with E-state index in [-0.39, 0.29) is 28.1 Å². The van der Waals surface area contributed by atoms with Crippen LogP contribution in [0.15, 0.2) is 59.1 Å². The lowest BCUT2D eigenvalue weighted by Gasteiger charge is -2.39. The molecule has 1 saturated heterocycles. The Morgan fingerprint density at radius 1 is 1.17 bits per heavy atom. The van der Waals surface area contributed by atoms with E-state index in [4.69, 9.17) is 33.0 Å². The van der Waals surface area contributed by atoms with Gasteiger partial charge in [-0.05, 0) is 77.5 Å². The molecule has 11 heteroatoms. The van der Waals surface area contributed by atoms with Crippen LogP contribution in [0.1, 0.15) is 37.3 Å². The number of benzene rings is 3. The van der Waals surface area contributed by atoms with Crippen molar-refractivity contribution in [2.24, 2.45) is 5.92 Å². The van der Waals surface area contributed by atoms with Crippen molar-refractivity contribution >= 4 is 61.6 Å². The molecule has 2 aliphatic heterocycles. The van der Waals surface area contributed by atoms with Gasteiger partial charge in [0.15, 0.2) is 0 Å². The van der Waals surface area contributed by atoms with Gasteiger partial charge in [0.25, 0.3) is 0 Å². The number of nitrogens with one attached hydrogen (secondary N) is 1. The third kappa shape index (κ3) is 4.35. The molecular formula is C30H25BrCl2F2N4O2. The Morgan fingerprint density at radius 3 is 2.71 bits per heavy atom. The van der Waals surface area contributed by atoms with Crippen molar-refractivity contribution in [1.82, 2.24) is 14.7 Å². The molecule has 41 heavy (non-hydrogen) atoms. The van der Waals surface area contributed by atoms with Gasteiger partial charge in [-0.1, -0.05) is 41.4 Å². The first-order chi connectivity index (χ1) is 19.7. The van der Waals surface area contributed by atoms with Crippen molar-refractivity contribution in [3.8, 4) is 5.88 Å². The Balaban J connectivity index is 1.44. The lowest BCUT2D eigenvalue weighted by molar-refractivity contribution is -0.127. The van der Waals surface area contributed by atoms with Gasteiger partial charge in [-0.15, -0.1) is 0 Å². The molecular weight excluding hydrogens is 637 g/mol. The van der Waals surface area contributed by atoms with E-state index in [1.54, 1.807) is 47.1 Å². The Morgan fingerprint density at radius 2 is 1.95 bits per heavy atom. The summed E-state index contributed by atoms with van der Waals surface area (Å²) in [6.07, 6.45) is 2.11. The van der Waals surface area contributed by atoms with Gasteiger partial charge in [0.05, 0.1) is 32.5 Å². The summed E-state index contributed by atoms with van der Waals surface area (Å²) in [5, 5.41) is 8.92. The van der Waals surface area contributed by atoms with Gasteiger partial charge >= 0.3 is 0 Å². The second kappa shape index (κ2) is 9.93. The first-order valence-electron chi connectivity index (χ1n) is 13.4. The number of ether oxygens (including phenoxy) is 1. The van der Waals surface area contributed by atoms with Crippen molar-refractivity contribution in [3.05, 3.63) is 86.3 Å². The summed E-state index contributed by atoms with van der Waals surface area (Å²) in [5.41, 5.74) is 0.0322. The summed E-state index contributed by atoms with van der Waals surface area (Å²) < 4.78 is 38.8. The number of likely N-dealkylation sites (tertiary alicyclic amines) is 1. The molecule has 1 aliphatic carbocycles. The van der Waals surface area contributed by atoms with Gasteiger partial charge in [-0.3, -0.25) is 9.69 Å². The predicted molar refractivity (Wildman–Crippen MR) is 158 cm³/mol. The summed E-state index contributed by atoms with van der Waals surface area (Å²) in [6.45, 7) is 2.75. The van der Waals surface area contributed by atoms with Crippen LogP contribution >= 0.6 is 39.1 Å². The minimum Gasteiger partial charge on any atom is -0.476 e. The van der Waals surface area contributed by atoms with E-state index < -0.39 is 29.1 Å². The maximum atomic E-state index is 16.0. The molecule has 3 aromatic carbocycles. The van der Waals surface area contributed by atoms with Gasteiger partial charge in [0, 0.05) is 29.2 Å². The highest BCUT2D eigenvalue weighted by atomic mass is 79.9. The quantitative estimate of drug-likeness (QED) is 0.239. The van der Waals surface area contributed by atoms with Crippen LogP contribution in [-0.2, 0) is 4.79 Å². The number of rotatable bonds is 5. The first kappa shape index (κ1) is 27.1. The number of hydrogen-bond acceptors (Lipinski definition) is 4. The fraction of sp³-hybridized carbons (Fsp3) is 0.333. The third-order valence-corrected chi connectivity index (χ3v) is 9.85. The van der Waals surface area contributed by atoms with E-state index in [9.17, 15) is 9.18 Å². The molecule has 0 radical (unpaired) electrons. The Bertz CT molecular complexity index is 1710. The summed E-state index contributed by atoms with van der Waals surface area (Å²) in [6, 6.07) is 14.0. The van der Waals surface area contributed by atoms with Crippen LogP contribution in [0.25, 0.3) is 10.9 Å². The van der Waals surface area contributed by atoms with Crippen LogP contribution in [-0.4, -0.2) is 45.3 Å². The molecule has 7 rings (SSSR count). The number of anilines is 1. The summed E-state index contributed by atoms with van der Waals surface area (Å²) >= 11 is 15.8. The Kier molecular flexibility index (Phi) is 6.57. The van der Waals surface area contributed by atoms with Gasteiger partial charge in [0.1, 0.15) is 23.8 Å². The van der Waals surface area contributed by atoms with Gasteiger partial charge in [-0.2, -0.15) is 5.10 Å². The number of hydrogen-bond donors (Lipinski definition) is 1. The molecule has 6 nitrogen and oxygen atoms in total. The van der Waals surface area contributed by atoms with E-state index in [0.29, 0.717) is 45.5 Å². The first-order valence-corrected chi connectivity index (χ1v) is 15.0. The molecule has 0 unspecified atom stereocenters. The minimum absolute atomic E-state index is 0.0267. The van der Waals surface area contributed by atoms with Crippen molar-refractivity contribution in [2.75, 3.05) is 18.5 Å². The molecule has 0 bridgehead atoms. The van der Waals surface area contributed by atoms with Crippen molar-refractivity contribution < 1.29 is 18.3 Å². The zero-order valence-electron chi connectivity index (χ0n) is 21.9.